The molecule has 0 radical (unpaired) electrons. The van der Waals surface area contributed by atoms with E-state index in [1.54, 1.807) is 36.4 Å². The number of para-hydroxylation sites is 1. The molecule has 4 N–H and O–H groups in total. The number of primary amides is 1. The molecule has 0 saturated carbocycles. The van der Waals surface area contributed by atoms with E-state index in [0.717, 1.165) is 6.26 Å². The zero-order valence-corrected chi connectivity index (χ0v) is 17.9. The van der Waals surface area contributed by atoms with Crippen LogP contribution in [0, 0.1) is 0 Å². The second-order valence-corrected chi connectivity index (χ2v) is 8.78. The Hall–Kier alpha value is -3.40. The number of rotatable bonds is 11. The van der Waals surface area contributed by atoms with Crippen LogP contribution < -0.4 is 21.1 Å². The fraction of sp³-hybridized carbons (Fsp3) is 0.286. The molecule has 166 valence electrons. The standard InChI is InChI=1S/C21H25N3O6S/c1-31(28,29)16-10-8-15(9-11-16)30-14-4-7-20(26)24-18-6-3-2-5-17(18)21(27)23-13-12-19(22)25/h2-3,5-6,8-11H,4,7,12-14H2,1H3,(H2,22,25)(H,23,27)(H,24,26). The van der Waals surface area contributed by atoms with Crippen molar-refractivity contribution < 1.29 is 27.5 Å². The highest BCUT2D eigenvalue weighted by molar-refractivity contribution is 7.90. The molecule has 10 heteroatoms. The van der Waals surface area contributed by atoms with Crippen LogP contribution in [0.1, 0.15) is 29.6 Å². The SMILES string of the molecule is CS(=O)(=O)c1ccc(OCCCC(=O)Nc2ccccc2C(=O)NCCC(N)=O)cc1. The van der Waals surface area contributed by atoms with E-state index in [0.29, 0.717) is 17.9 Å². The number of nitrogens with two attached hydrogens (primary N) is 1. The number of ether oxygens (including phenoxy) is 1. The molecule has 0 aromatic heterocycles. The summed E-state index contributed by atoms with van der Waals surface area (Å²) in [5.41, 5.74) is 5.69. The lowest BCUT2D eigenvalue weighted by molar-refractivity contribution is -0.118. The molecule has 0 unspecified atom stereocenters. The summed E-state index contributed by atoms with van der Waals surface area (Å²) in [7, 11) is -3.26. The molecule has 0 heterocycles. The maximum Gasteiger partial charge on any atom is 0.253 e. The van der Waals surface area contributed by atoms with Gasteiger partial charge in [0.2, 0.25) is 11.8 Å². The molecular formula is C21H25N3O6S. The molecule has 0 aliphatic rings. The van der Waals surface area contributed by atoms with Gasteiger partial charge < -0.3 is 21.1 Å². The Balaban J connectivity index is 1.81. The third-order valence-electron chi connectivity index (χ3n) is 4.17. The molecular weight excluding hydrogens is 422 g/mol. The Morgan fingerprint density at radius 3 is 2.32 bits per heavy atom. The van der Waals surface area contributed by atoms with Gasteiger partial charge in [-0.15, -0.1) is 0 Å². The molecule has 2 rings (SSSR count). The maximum atomic E-state index is 12.3. The van der Waals surface area contributed by atoms with Crippen molar-refractivity contribution in [2.45, 2.75) is 24.2 Å². The highest BCUT2D eigenvalue weighted by Crippen LogP contribution is 2.17. The quantitative estimate of drug-likeness (QED) is 0.445. The van der Waals surface area contributed by atoms with Crippen LogP contribution in [0.25, 0.3) is 0 Å². The van der Waals surface area contributed by atoms with Gasteiger partial charge in [-0.1, -0.05) is 12.1 Å². The number of benzene rings is 2. The van der Waals surface area contributed by atoms with E-state index in [4.69, 9.17) is 10.5 Å². The minimum absolute atomic E-state index is 0.0250. The molecule has 0 atom stereocenters. The third-order valence-corrected chi connectivity index (χ3v) is 5.30. The van der Waals surface area contributed by atoms with E-state index in [9.17, 15) is 22.8 Å². The van der Waals surface area contributed by atoms with Crippen LogP contribution in [0.5, 0.6) is 5.75 Å². The van der Waals surface area contributed by atoms with Crippen molar-refractivity contribution in [1.29, 1.82) is 0 Å². The van der Waals surface area contributed by atoms with Gasteiger partial charge in [0.1, 0.15) is 5.75 Å². The number of carbonyl (C=O) groups is 3. The van der Waals surface area contributed by atoms with Crippen molar-refractivity contribution in [3.63, 3.8) is 0 Å². The lowest BCUT2D eigenvalue weighted by Gasteiger charge is -2.11. The van der Waals surface area contributed by atoms with E-state index in [1.165, 1.54) is 12.1 Å². The van der Waals surface area contributed by atoms with Gasteiger partial charge in [-0.2, -0.15) is 0 Å². The highest BCUT2D eigenvalue weighted by atomic mass is 32.2. The van der Waals surface area contributed by atoms with Gasteiger partial charge in [0.15, 0.2) is 9.84 Å². The van der Waals surface area contributed by atoms with E-state index < -0.39 is 21.7 Å². The molecule has 0 bridgehead atoms. The van der Waals surface area contributed by atoms with Crippen LogP contribution in [0.15, 0.2) is 53.4 Å². The average molecular weight is 448 g/mol. The van der Waals surface area contributed by atoms with Crippen LogP contribution in [0.4, 0.5) is 5.69 Å². The number of amides is 3. The van der Waals surface area contributed by atoms with Crippen molar-refractivity contribution in [2.24, 2.45) is 5.73 Å². The van der Waals surface area contributed by atoms with Gasteiger partial charge in [-0.05, 0) is 42.8 Å². The molecule has 2 aromatic carbocycles. The molecule has 2 aromatic rings. The molecule has 0 aliphatic heterocycles. The number of hydrogen-bond donors (Lipinski definition) is 3. The van der Waals surface area contributed by atoms with Gasteiger partial charge in [-0.3, -0.25) is 14.4 Å². The zero-order chi connectivity index (χ0) is 22.9. The van der Waals surface area contributed by atoms with E-state index >= 15 is 0 Å². The summed E-state index contributed by atoms with van der Waals surface area (Å²) in [6, 6.07) is 12.6. The van der Waals surface area contributed by atoms with Gasteiger partial charge in [0, 0.05) is 25.6 Å². The fourth-order valence-corrected chi connectivity index (χ4v) is 3.23. The number of hydrogen-bond acceptors (Lipinski definition) is 6. The Morgan fingerprint density at radius 2 is 1.68 bits per heavy atom. The van der Waals surface area contributed by atoms with Crippen molar-refractivity contribution >= 4 is 33.2 Å². The second kappa shape index (κ2) is 11.1. The Bertz CT molecular complexity index is 1040. The number of carbonyl (C=O) groups excluding carboxylic acids is 3. The summed E-state index contributed by atoms with van der Waals surface area (Å²) in [4.78, 5) is 35.5. The van der Waals surface area contributed by atoms with Gasteiger partial charge >= 0.3 is 0 Å². The zero-order valence-electron chi connectivity index (χ0n) is 17.1. The molecule has 31 heavy (non-hydrogen) atoms. The first-order chi connectivity index (χ1) is 14.7. The predicted octanol–water partition coefficient (Wildman–Crippen LogP) is 1.49. The molecule has 0 aliphatic carbocycles. The highest BCUT2D eigenvalue weighted by Gasteiger charge is 2.13. The monoisotopic (exact) mass is 447 g/mol. The predicted molar refractivity (Wildman–Crippen MR) is 115 cm³/mol. The average Bonchev–Trinajstić information content (AvgIpc) is 2.71. The lowest BCUT2D eigenvalue weighted by Crippen LogP contribution is -2.28. The Kier molecular flexibility index (Phi) is 8.56. The largest absolute Gasteiger partial charge is 0.494 e. The first kappa shape index (κ1) is 23.9. The van der Waals surface area contributed by atoms with Gasteiger partial charge in [0.05, 0.1) is 22.8 Å². The van der Waals surface area contributed by atoms with Crippen LogP contribution in [-0.2, 0) is 19.4 Å². The Morgan fingerprint density at radius 1 is 1.00 bits per heavy atom. The lowest BCUT2D eigenvalue weighted by atomic mass is 10.1. The van der Waals surface area contributed by atoms with Crippen LogP contribution in [0.2, 0.25) is 0 Å². The summed E-state index contributed by atoms with van der Waals surface area (Å²) >= 11 is 0. The molecule has 3 amide bonds. The smallest absolute Gasteiger partial charge is 0.253 e. The maximum absolute atomic E-state index is 12.3. The first-order valence-corrected chi connectivity index (χ1v) is 11.4. The topological polar surface area (TPSA) is 145 Å². The van der Waals surface area contributed by atoms with E-state index in [2.05, 4.69) is 10.6 Å². The summed E-state index contributed by atoms with van der Waals surface area (Å²) in [6.45, 7) is 0.375. The second-order valence-electron chi connectivity index (χ2n) is 6.76. The van der Waals surface area contributed by atoms with Crippen molar-refractivity contribution in [2.75, 3.05) is 24.7 Å². The van der Waals surface area contributed by atoms with Gasteiger partial charge in [-0.25, -0.2) is 8.42 Å². The van der Waals surface area contributed by atoms with Crippen molar-refractivity contribution in [1.82, 2.24) is 5.32 Å². The van der Waals surface area contributed by atoms with Crippen molar-refractivity contribution in [3.05, 3.63) is 54.1 Å². The van der Waals surface area contributed by atoms with E-state index in [1.807, 2.05) is 0 Å². The minimum Gasteiger partial charge on any atom is -0.494 e. The number of nitrogens with one attached hydrogen (secondary N) is 2. The molecule has 0 saturated heterocycles. The molecule has 0 spiro atoms. The summed E-state index contributed by atoms with van der Waals surface area (Å²) in [5, 5.41) is 5.28. The molecule has 0 fully saturated rings. The van der Waals surface area contributed by atoms with Crippen molar-refractivity contribution in [3.8, 4) is 5.75 Å². The van der Waals surface area contributed by atoms with Gasteiger partial charge in [0.25, 0.3) is 5.91 Å². The molecule has 9 nitrogen and oxygen atoms in total. The normalized spacial score (nSPS) is 10.9. The summed E-state index contributed by atoms with van der Waals surface area (Å²) in [6.07, 6.45) is 1.74. The van der Waals surface area contributed by atoms with Crippen LogP contribution in [0.3, 0.4) is 0 Å². The summed E-state index contributed by atoms with van der Waals surface area (Å²) < 4.78 is 28.4. The third kappa shape index (κ3) is 8.09. The van der Waals surface area contributed by atoms with Crippen LogP contribution in [-0.4, -0.2) is 45.5 Å². The fourth-order valence-electron chi connectivity index (χ4n) is 2.60. The summed E-state index contributed by atoms with van der Waals surface area (Å²) in [5.74, 6) is -0.715. The van der Waals surface area contributed by atoms with E-state index in [-0.39, 0.29) is 42.4 Å². The van der Waals surface area contributed by atoms with Crippen LogP contribution >= 0.6 is 0 Å². The minimum atomic E-state index is -3.26. The Labute approximate surface area is 180 Å². The number of anilines is 1. The number of sulfone groups is 1. The first-order valence-electron chi connectivity index (χ1n) is 9.55.